The van der Waals surface area contributed by atoms with Gasteiger partial charge < -0.3 is 14.8 Å². The first-order chi connectivity index (χ1) is 7.36. The maximum Gasteiger partial charge on any atom is 0.325 e. The molecule has 2 rings (SSSR count). The second-order valence-electron chi connectivity index (χ2n) is 3.27. The number of carbonyl (C=O) groups is 1. The minimum absolute atomic E-state index is 0.233. The quantitative estimate of drug-likeness (QED) is 0.775. The van der Waals surface area contributed by atoms with Crippen molar-refractivity contribution in [1.29, 1.82) is 0 Å². The molecule has 1 aromatic rings. The Morgan fingerprint density at radius 1 is 1.73 bits per heavy atom. The Morgan fingerprint density at radius 3 is 3.33 bits per heavy atom. The number of morpholine rings is 1. The van der Waals surface area contributed by atoms with E-state index in [1.807, 2.05) is 17.5 Å². The van der Waals surface area contributed by atoms with Gasteiger partial charge in [-0.3, -0.25) is 4.79 Å². The van der Waals surface area contributed by atoms with Crippen LogP contribution in [0.3, 0.4) is 0 Å². The van der Waals surface area contributed by atoms with Gasteiger partial charge in [0.25, 0.3) is 0 Å². The number of hydrogen-bond donors (Lipinski definition) is 1. The highest BCUT2D eigenvalue weighted by Gasteiger charge is 2.22. The zero-order chi connectivity index (χ0) is 10.5. The van der Waals surface area contributed by atoms with Crippen molar-refractivity contribution in [2.75, 3.05) is 19.8 Å². The molecule has 82 valence electrons. The van der Waals surface area contributed by atoms with E-state index in [2.05, 4.69) is 5.32 Å². The van der Waals surface area contributed by atoms with E-state index in [0.29, 0.717) is 26.4 Å². The van der Waals surface area contributed by atoms with Crippen LogP contribution >= 0.6 is 11.3 Å². The Bertz CT molecular complexity index is 306. The minimum atomic E-state index is -0.307. The Labute approximate surface area is 92.2 Å². The van der Waals surface area contributed by atoms with Crippen LogP contribution in [0.1, 0.15) is 4.88 Å². The first kappa shape index (κ1) is 10.6. The van der Waals surface area contributed by atoms with Crippen LogP contribution in [0.15, 0.2) is 17.5 Å². The van der Waals surface area contributed by atoms with Crippen LogP contribution in [0.5, 0.6) is 0 Å². The lowest BCUT2D eigenvalue weighted by Gasteiger charge is -2.21. The molecule has 1 fully saturated rings. The average molecular weight is 227 g/mol. The van der Waals surface area contributed by atoms with Gasteiger partial charge in [-0.15, -0.1) is 11.3 Å². The summed E-state index contributed by atoms with van der Waals surface area (Å²) in [5, 5.41) is 5.02. The lowest BCUT2D eigenvalue weighted by atomic mass is 10.3. The number of carbonyl (C=O) groups excluding carboxylic acids is 1. The van der Waals surface area contributed by atoms with Crippen LogP contribution in [-0.2, 0) is 20.9 Å². The van der Waals surface area contributed by atoms with Crippen LogP contribution < -0.4 is 5.32 Å². The molecule has 1 unspecified atom stereocenters. The monoisotopic (exact) mass is 227 g/mol. The van der Waals surface area contributed by atoms with E-state index in [1.54, 1.807) is 11.3 Å². The topological polar surface area (TPSA) is 47.6 Å². The van der Waals surface area contributed by atoms with E-state index in [-0.39, 0.29) is 12.0 Å². The SMILES string of the molecule is O=C(OCc1cccs1)C1COCCN1. The predicted molar refractivity (Wildman–Crippen MR) is 56.7 cm³/mol. The molecule has 0 bridgehead atoms. The van der Waals surface area contributed by atoms with Gasteiger partial charge in [0, 0.05) is 11.4 Å². The van der Waals surface area contributed by atoms with Gasteiger partial charge in [0.1, 0.15) is 12.6 Å². The normalized spacial score (nSPS) is 21.2. The highest BCUT2D eigenvalue weighted by molar-refractivity contribution is 7.09. The molecular formula is C10H13NO3S. The van der Waals surface area contributed by atoms with Crippen molar-refractivity contribution in [3.05, 3.63) is 22.4 Å². The third-order valence-electron chi connectivity index (χ3n) is 2.14. The number of ether oxygens (including phenoxy) is 2. The smallest absolute Gasteiger partial charge is 0.325 e. The highest BCUT2D eigenvalue weighted by Crippen LogP contribution is 2.10. The van der Waals surface area contributed by atoms with Gasteiger partial charge in [-0.2, -0.15) is 0 Å². The number of esters is 1. The van der Waals surface area contributed by atoms with Crippen LogP contribution in [0.25, 0.3) is 0 Å². The van der Waals surface area contributed by atoms with E-state index in [4.69, 9.17) is 9.47 Å². The van der Waals surface area contributed by atoms with Crippen LogP contribution in [0.4, 0.5) is 0 Å². The molecule has 15 heavy (non-hydrogen) atoms. The molecule has 2 heterocycles. The molecular weight excluding hydrogens is 214 g/mol. The van der Waals surface area contributed by atoms with Crippen LogP contribution in [-0.4, -0.2) is 31.8 Å². The fraction of sp³-hybridized carbons (Fsp3) is 0.500. The lowest BCUT2D eigenvalue weighted by Crippen LogP contribution is -2.47. The van der Waals surface area contributed by atoms with Crippen molar-refractivity contribution >= 4 is 17.3 Å². The van der Waals surface area contributed by atoms with Gasteiger partial charge in [-0.05, 0) is 11.4 Å². The number of nitrogens with one attached hydrogen (secondary N) is 1. The van der Waals surface area contributed by atoms with E-state index < -0.39 is 0 Å². The second kappa shape index (κ2) is 5.25. The molecule has 1 atom stereocenters. The molecule has 4 nitrogen and oxygen atoms in total. The lowest BCUT2D eigenvalue weighted by molar-refractivity contribution is -0.150. The average Bonchev–Trinajstić information content (AvgIpc) is 2.80. The number of thiophene rings is 1. The minimum Gasteiger partial charge on any atom is -0.459 e. The Balaban J connectivity index is 1.76. The molecule has 0 aromatic carbocycles. The Hall–Kier alpha value is -0.910. The summed E-state index contributed by atoms with van der Waals surface area (Å²) in [7, 11) is 0. The van der Waals surface area contributed by atoms with Crippen molar-refractivity contribution in [2.45, 2.75) is 12.6 Å². The van der Waals surface area contributed by atoms with Gasteiger partial charge in [-0.25, -0.2) is 0 Å². The molecule has 1 aliphatic rings. The summed E-state index contributed by atoms with van der Waals surface area (Å²) in [4.78, 5) is 12.6. The molecule has 1 saturated heterocycles. The Morgan fingerprint density at radius 2 is 2.67 bits per heavy atom. The Kier molecular flexibility index (Phi) is 3.71. The van der Waals surface area contributed by atoms with E-state index in [9.17, 15) is 4.79 Å². The van der Waals surface area contributed by atoms with Gasteiger partial charge >= 0.3 is 5.97 Å². The van der Waals surface area contributed by atoms with Gasteiger partial charge in [-0.1, -0.05) is 6.07 Å². The largest absolute Gasteiger partial charge is 0.459 e. The van der Waals surface area contributed by atoms with Crippen molar-refractivity contribution in [2.24, 2.45) is 0 Å². The second-order valence-corrected chi connectivity index (χ2v) is 4.30. The molecule has 0 radical (unpaired) electrons. The third-order valence-corrected chi connectivity index (χ3v) is 2.99. The molecule has 1 aliphatic heterocycles. The summed E-state index contributed by atoms with van der Waals surface area (Å²) in [6, 6.07) is 3.58. The maximum absolute atomic E-state index is 11.5. The molecule has 1 aromatic heterocycles. The van der Waals surface area contributed by atoms with Crippen LogP contribution in [0, 0.1) is 0 Å². The fourth-order valence-corrected chi connectivity index (χ4v) is 1.97. The third kappa shape index (κ3) is 3.02. The summed E-state index contributed by atoms with van der Waals surface area (Å²) in [5.74, 6) is -0.233. The van der Waals surface area contributed by atoms with Crippen molar-refractivity contribution in [3.8, 4) is 0 Å². The molecule has 0 saturated carbocycles. The summed E-state index contributed by atoms with van der Waals surface area (Å²) in [5.41, 5.74) is 0. The maximum atomic E-state index is 11.5. The van der Waals surface area contributed by atoms with Gasteiger partial charge in [0.05, 0.1) is 13.2 Å². The van der Waals surface area contributed by atoms with E-state index in [0.717, 1.165) is 4.88 Å². The number of rotatable bonds is 3. The van der Waals surface area contributed by atoms with Crippen molar-refractivity contribution in [3.63, 3.8) is 0 Å². The van der Waals surface area contributed by atoms with E-state index >= 15 is 0 Å². The molecule has 0 spiro atoms. The first-order valence-electron chi connectivity index (χ1n) is 4.86. The molecule has 5 heteroatoms. The van der Waals surface area contributed by atoms with Crippen molar-refractivity contribution < 1.29 is 14.3 Å². The molecule has 1 N–H and O–H groups in total. The molecule has 0 amide bonds. The summed E-state index contributed by atoms with van der Waals surface area (Å²) in [6.45, 7) is 2.13. The standard InChI is InChI=1S/C10H13NO3S/c12-10(9-7-13-4-3-11-9)14-6-8-2-1-5-15-8/h1-2,5,9,11H,3-4,6-7H2. The van der Waals surface area contributed by atoms with Gasteiger partial charge in [0.2, 0.25) is 0 Å². The zero-order valence-electron chi connectivity index (χ0n) is 8.27. The number of hydrogen-bond acceptors (Lipinski definition) is 5. The summed E-state index contributed by atoms with van der Waals surface area (Å²) >= 11 is 1.58. The highest BCUT2D eigenvalue weighted by atomic mass is 32.1. The summed E-state index contributed by atoms with van der Waals surface area (Å²) < 4.78 is 10.3. The summed E-state index contributed by atoms with van der Waals surface area (Å²) in [6.07, 6.45) is 0. The van der Waals surface area contributed by atoms with E-state index in [1.165, 1.54) is 0 Å². The fourth-order valence-electron chi connectivity index (χ4n) is 1.35. The zero-order valence-corrected chi connectivity index (χ0v) is 9.09. The molecule has 0 aliphatic carbocycles. The first-order valence-corrected chi connectivity index (χ1v) is 5.74. The van der Waals surface area contributed by atoms with Crippen molar-refractivity contribution in [1.82, 2.24) is 5.32 Å². The van der Waals surface area contributed by atoms with Gasteiger partial charge in [0.15, 0.2) is 0 Å². The predicted octanol–water partition coefficient (Wildman–Crippen LogP) is 0.780. The van der Waals surface area contributed by atoms with Crippen LogP contribution in [0.2, 0.25) is 0 Å².